The minimum Gasteiger partial charge on any atom is -0.395 e. The van der Waals surface area contributed by atoms with Gasteiger partial charge in [0.15, 0.2) is 23.2 Å². The van der Waals surface area contributed by atoms with Gasteiger partial charge in [-0.05, 0) is 0 Å². The standard InChI is InChI=1S/C12H17N5O5/c18-2-1-13-10-7-11(15-4-14-10)17(5-16-7)12-9(21)8(20)6(3-19)22-12/h4-6,8-9,12,18-21H,1-3H2,(H,13,14,15)/t6-,8-,9-,12-/m1/s1. The van der Waals surface area contributed by atoms with Crippen LogP contribution < -0.4 is 5.32 Å². The molecule has 1 fully saturated rings. The van der Waals surface area contributed by atoms with Crippen molar-refractivity contribution >= 4 is 17.0 Å². The molecule has 1 saturated heterocycles. The molecule has 0 aliphatic carbocycles. The average molecular weight is 311 g/mol. The fraction of sp³-hybridized carbons (Fsp3) is 0.583. The second-order valence-electron chi connectivity index (χ2n) is 4.93. The van der Waals surface area contributed by atoms with E-state index in [9.17, 15) is 10.2 Å². The van der Waals surface area contributed by atoms with Crippen LogP contribution in [-0.4, -0.2) is 78.0 Å². The number of anilines is 1. The first kappa shape index (κ1) is 15.1. The summed E-state index contributed by atoms with van der Waals surface area (Å²) in [4.78, 5) is 12.3. The number of imidazole rings is 1. The molecule has 2 aromatic rings. The maximum atomic E-state index is 10.1. The van der Waals surface area contributed by atoms with Gasteiger partial charge in [-0.3, -0.25) is 4.57 Å². The Kier molecular flexibility index (Phi) is 4.18. The summed E-state index contributed by atoms with van der Waals surface area (Å²) in [5, 5.41) is 40.8. The number of aliphatic hydroxyl groups excluding tert-OH is 4. The van der Waals surface area contributed by atoms with Crippen LogP contribution in [0.5, 0.6) is 0 Å². The van der Waals surface area contributed by atoms with Crippen LogP contribution in [0.15, 0.2) is 12.7 Å². The van der Waals surface area contributed by atoms with Crippen LogP contribution in [0.4, 0.5) is 5.82 Å². The molecule has 0 saturated carbocycles. The number of ether oxygens (including phenoxy) is 1. The van der Waals surface area contributed by atoms with Gasteiger partial charge in [0, 0.05) is 6.54 Å². The summed E-state index contributed by atoms with van der Waals surface area (Å²) >= 11 is 0. The van der Waals surface area contributed by atoms with E-state index in [-0.39, 0.29) is 6.61 Å². The summed E-state index contributed by atoms with van der Waals surface area (Å²) in [6.45, 7) is -0.145. The minimum absolute atomic E-state index is 0.0545. The van der Waals surface area contributed by atoms with Crippen molar-refractivity contribution in [3.63, 3.8) is 0 Å². The number of aromatic nitrogens is 4. The van der Waals surface area contributed by atoms with Crippen LogP contribution in [0, 0.1) is 0 Å². The number of hydrogen-bond acceptors (Lipinski definition) is 9. The van der Waals surface area contributed by atoms with Gasteiger partial charge in [0.05, 0.1) is 19.5 Å². The Hall–Kier alpha value is -1.85. The first-order valence-electron chi connectivity index (χ1n) is 6.82. The largest absolute Gasteiger partial charge is 0.395 e. The molecule has 22 heavy (non-hydrogen) atoms. The highest BCUT2D eigenvalue weighted by Gasteiger charge is 2.43. The number of hydrogen-bond donors (Lipinski definition) is 5. The van der Waals surface area contributed by atoms with E-state index in [1.54, 1.807) is 0 Å². The third kappa shape index (κ3) is 2.40. The third-order valence-electron chi connectivity index (χ3n) is 3.55. The van der Waals surface area contributed by atoms with Crippen LogP contribution in [0.1, 0.15) is 6.23 Å². The van der Waals surface area contributed by atoms with Crippen molar-refractivity contribution in [2.24, 2.45) is 0 Å². The highest BCUT2D eigenvalue weighted by Crippen LogP contribution is 2.31. The maximum absolute atomic E-state index is 10.1. The van der Waals surface area contributed by atoms with Crippen molar-refractivity contribution in [2.75, 3.05) is 25.1 Å². The molecule has 5 N–H and O–H groups in total. The van der Waals surface area contributed by atoms with E-state index >= 15 is 0 Å². The lowest BCUT2D eigenvalue weighted by Gasteiger charge is -2.16. The Labute approximate surface area is 125 Å². The number of nitrogens with zero attached hydrogens (tertiary/aromatic N) is 4. The van der Waals surface area contributed by atoms with Crippen LogP contribution in [0.2, 0.25) is 0 Å². The molecule has 0 spiro atoms. The molecule has 1 aliphatic rings. The molecule has 1 aliphatic heterocycles. The molecule has 10 nitrogen and oxygen atoms in total. The third-order valence-corrected chi connectivity index (χ3v) is 3.55. The molecule has 120 valence electrons. The first-order chi connectivity index (χ1) is 10.7. The summed E-state index contributed by atoms with van der Waals surface area (Å²) in [5.41, 5.74) is 0.860. The van der Waals surface area contributed by atoms with Crippen molar-refractivity contribution in [2.45, 2.75) is 24.5 Å². The predicted octanol–water partition coefficient (Wildman–Crippen LogP) is -2.16. The zero-order valence-electron chi connectivity index (χ0n) is 11.6. The molecule has 3 rings (SSSR count). The van der Waals surface area contributed by atoms with Crippen LogP contribution in [-0.2, 0) is 4.74 Å². The molecular weight excluding hydrogens is 294 g/mol. The molecule has 0 bridgehead atoms. The van der Waals surface area contributed by atoms with E-state index in [1.807, 2.05) is 0 Å². The van der Waals surface area contributed by atoms with Crippen molar-refractivity contribution in [1.29, 1.82) is 0 Å². The van der Waals surface area contributed by atoms with E-state index in [1.165, 1.54) is 17.2 Å². The molecule has 0 amide bonds. The fourth-order valence-electron chi connectivity index (χ4n) is 2.45. The molecule has 2 aromatic heterocycles. The monoisotopic (exact) mass is 311 g/mol. The highest BCUT2D eigenvalue weighted by molar-refractivity contribution is 5.82. The summed E-state index contributed by atoms with van der Waals surface area (Å²) < 4.78 is 6.94. The first-order valence-corrected chi connectivity index (χ1v) is 6.82. The van der Waals surface area contributed by atoms with Gasteiger partial charge >= 0.3 is 0 Å². The van der Waals surface area contributed by atoms with Crippen LogP contribution >= 0.6 is 0 Å². The van der Waals surface area contributed by atoms with Crippen molar-refractivity contribution < 1.29 is 25.2 Å². The smallest absolute Gasteiger partial charge is 0.167 e. The van der Waals surface area contributed by atoms with E-state index in [4.69, 9.17) is 14.9 Å². The summed E-state index contributed by atoms with van der Waals surface area (Å²) in [6, 6.07) is 0. The average Bonchev–Trinajstić information content (AvgIpc) is 3.08. The SMILES string of the molecule is OCCNc1ncnc2c1ncn2[C@@H]1O[C@H](CO)[C@@H](O)[C@H]1O. The number of aliphatic hydroxyl groups is 4. The van der Waals surface area contributed by atoms with Gasteiger partial charge < -0.3 is 30.5 Å². The van der Waals surface area contributed by atoms with Crippen molar-refractivity contribution in [3.05, 3.63) is 12.7 Å². The molecule has 0 aromatic carbocycles. The van der Waals surface area contributed by atoms with Gasteiger partial charge in [0.25, 0.3) is 0 Å². The fourth-order valence-corrected chi connectivity index (χ4v) is 2.45. The summed E-state index contributed by atoms with van der Waals surface area (Å²) in [6.07, 6.45) is -1.44. The summed E-state index contributed by atoms with van der Waals surface area (Å²) in [5.74, 6) is 0.449. The van der Waals surface area contributed by atoms with Gasteiger partial charge in [-0.2, -0.15) is 0 Å². The number of nitrogens with one attached hydrogen (secondary N) is 1. The molecule has 3 heterocycles. The van der Waals surface area contributed by atoms with Crippen LogP contribution in [0.25, 0.3) is 11.2 Å². The molecule has 0 unspecified atom stereocenters. The molecular formula is C12H17N5O5. The van der Waals surface area contributed by atoms with E-state index in [0.29, 0.717) is 23.5 Å². The molecule has 4 atom stereocenters. The maximum Gasteiger partial charge on any atom is 0.167 e. The van der Waals surface area contributed by atoms with Gasteiger partial charge in [-0.25, -0.2) is 15.0 Å². The van der Waals surface area contributed by atoms with Crippen LogP contribution in [0.3, 0.4) is 0 Å². The quantitative estimate of drug-likeness (QED) is 0.417. The lowest BCUT2D eigenvalue weighted by molar-refractivity contribution is -0.0511. The Balaban J connectivity index is 1.95. The second-order valence-corrected chi connectivity index (χ2v) is 4.93. The predicted molar refractivity (Wildman–Crippen MR) is 73.9 cm³/mol. The number of rotatable bonds is 5. The van der Waals surface area contributed by atoms with Crippen molar-refractivity contribution in [1.82, 2.24) is 19.5 Å². The van der Waals surface area contributed by atoms with Crippen molar-refractivity contribution in [3.8, 4) is 0 Å². The second kappa shape index (κ2) is 6.10. The lowest BCUT2D eigenvalue weighted by Crippen LogP contribution is -2.33. The minimum atomic E-state index is -1.21. The van der Waals surface area contributed by atoms with Gasteiger partial charge in [0.2, 0.25) is 0 Å². The topological polar surface area (TPSA) is 146 Å². The van der Waals surface area contributed by atoms with Gasteiger partial charge in [-0.1, -0.05) is 0 Å². The normalized spacial score (nSPS) is 28.4. The Morgan fingerprint density at radius 1 is 1.18 bits per heavy atom. The Bertz CT molecular complexity index is 650. The summed E-state index contributed by atoms with van der Waals surface area (Å²) in [7, 11) is 0. The molecule has 10 heteroatoms. The van der Waals surface area contributed by atoms with E-state index < -0.39 is 31.1 Å². The Morgan fingerprint density at radius 2 is 2.00 bits per heavy atom. The molecule has 0 radical (unpaired) electrons. The lowest BCUT2D eigenvalue weighted by atomic mass is 10.1. The van der Waals surface area contributed by atoms with Gasteiger partial charge in [0.1, 0.15) is 24.6 Å². The van der Waals surface area contributed by atoms with E-state index in [0.717, 1.165) is 0 Å². The number of fused-ring (bicyclic) bond motifs is 1. The zero-order chi connectivity index (χ0) is 15.7. The van der Waals surface area contributed by atoms with E-state index in [2.05, 4.69) is 20.3 Å². The zero-order valence-corrected chi connectivity index (χ0v) is 11.6. The Morgan fingerprint density at radius 3 is 2.68 bits per heavy atom. The highest BCUT2D eigenvalue weighted by atomic mass is 16.6. The van der Waals surface area contributed by atoms with Gasteiger partial charge in [-0.15, -0.1) is 0 Å².